The van der Waals surface area contributed by atoms with Crippen LogP contribution in [0.5, 0.6) is 0 Å². The van der Waals surface area contributed by atoms with Crippen LogP contribution in [-0.4, -0.2) is 27.0 Å². The molecule has 6 nitrogen and oxygen atoms in total. The lowest BCUT2D eigenvalue weighted by Crippen LogP contribution is -2.29. The van der Waals surface area contributed by atoms with Crippen molar-refractivity contribution in [3.63, 3.8) is 0 Å². The third-order valence-corrected chi connectivity index (χ3v) is 5.46. The topological polar surface area (TPSA) is 83.4 Å². The van der Waals surface area contributed by atoms with Crippen molar-refractivity contribution in [2.75, 3.05) is 4.90 Å². The van der Waals surface area contributed by atoms with Crippen molar-refractivity contribution in [3.05, 3.63) is 81.0 Å². The van der Waals surface area contributed by atoms with Gasteiger partial charge in [-0.15, -0.1) is 10.2 Å². The zero-order chi connectivity index (χ0) is 19.8. The summed E-state index contributed by atoms with van der Waals surface area (Å²) in [5, 5.41) is 18.7. The number of aliphatic hydroxyl groups excluding tert-OH is 1. The number of ketones is 1. The average molecular weight is 460 g/mol. The van der Waals surface area contributed by atoms with E-state index >= 15 is 0 Å². The highest BCUT2D eigenvalue weighted by molar-refractivity contribution is 9.10. The van der Waals surface area contributed by atoms with Crippen molar-refractivity contribution >= 4 is 49.8 Å². The van der Waals surface area contributed by atoms with E-state index in [1.54, 1.807) is 24.3 Å². The fraction of sp³-hybridized carbons (Fsp3) is 0.0526. The molecule has 1 aliphatic rings. The second-order valence-corrected chi connectivity index (χ2v) is 7.68. The molecule has 0 radical (unpaired) electrons. The summed E-state index contributed by atoms with van der Waals surface area (Å²) in [5.41, 5.74) is 2.20. The number of carbonyl (C=O) groups is 2. The molecule has 1 unspecified atom stereocenters. The van der Waals surface area contributed by atoms with E-state index in [1.807, 2.05) is 0 Å². The molecule has 140 valence electrons. The average Bonchev–Trinajstić information content (AvgIpc) is 3.29. The predicted molar refractivity (Wildman–Crippen MR) is 105 cm³/mol. The molecule has 1 aromatic heterocycles. The van der Waals surface area contributed by atoms with Crippen LogP contribution in [-0.2, 0) is 9.59 Å². The van der Waals surface area contributed by atoms with Gasteiger partial charge in [-0.3, -0.25) is 14.5 Å². The van der Waals surface area contributed by atoms with E-state index in [0.717, 1.165) is 15.8 Å². The van der Waals surface area contributed by atoms with Gasteiger partial charge in [-0.1, -0.05) is 39.4 Å². The molecule has 1 amide bonds. The number of hydrogen-bond donors (Lipinski definition) is 1. The van der Waals surface area contributed by atoms with Gasteiger partial charge >= 0.3 is 5.91 Å². The third-order valence-electron chi connectivity index (χ3n) is 4.28. The molecule has 28 heavy (non-hydrogen) atoms. The number of aliphatic hydroxyl groups is 1. The maximum Gasteiger partial charge on any atom is 0.301 e. The maximum absolute atomic E-state index is 13.3. The van der Waals surface area contributed by atoms with Crippen LogP contribution in [0.15, 0.2) is 64.1 Å². The number of halogens is 2. The molecule has 2 heterocycles. The minimum absolute atomic E-state index is 0.0927. The van der Waals surface area contributed by atoms with Gasteiger partial charge in [0.1, 0.15) is 17.1 Å². The summed E-state index contributed by atoms with van der Waals surface area (Å²) in [6, 6.07) is 11.2. The van der Waals surface area contributed by atoms with Crippen LogP contribution >= 0.6 is 27.3 Å². The van der Waals surface area contributed by atoms with Crippen LogP contribution in [0.4, 0.5) is 9.52 Å². The Morgan fingerprint density at radius 1 is 1.18 bits per heavy atom. The molecule has 1 aliphatic heterocycles. The first kappa shape index (κ1) is 18.5. The van der Waals surface area contributed by atoms with Crippen molar-refractivity contribution in [1.82, 2.24) is 10.2 Å². The van der Waals surface area contributed by atoms with Crippen molar-refractivity contribution in [1.29, 1.82) is 0 Å². The third kappa shape index (κ3) is 3.12. The Hall–Kier alpha value is -2.91. The standard InChI is InChI=1S/C19H11BrFN3O3S/c20-12-3-1-2-11(8-12)15-14(16(25)10-4-6-13(21)7-5-10)17(26)18(27)24(15)19-23-22-9-28-19/h1-9,15,25H/b16-14+. The summed E-state index contributed by atoms with van der Waals surface area (Å²) < 4.78 is 14.0. The molecule has 4 rings (SSSR count). The van der Waals surface area contributed by atoms with Crippen LogP contribution in [0.25, 0.3) is 5.76 Å². The molecule has 0 spiro atoms. The lowest BCUT2D eigenvalue weighted by Gasteiger charge is -2.22. The van der Waals surface area contributed by atoms with Gasteiger partial charge in [-0.25, -0.2) is 4.39 Å². The number of anilines is 1. The van der Waals surface area contributed by atoms with E-state index in [2.05, 4.69) is 26.1 Å². The SMILES string of the molecule is O=C1C(=O)N(c2nncs2)C(c2cccc(Br)c2)/C1=C(\O)c1ccc(F)cc1. The lowest BCUT2D eigenvalue weighted by atomic mass is 9.95. The first-order valence-corrected chi connectivity index (χ1v) is 9.73. The van der Waals surface area contributed by atoms with Gasteiger partial charge in [-0.05, 0) is 42.0 Å². The second kappa shape index (κ2) is 7.25. The molecule has 0 saturated carbocycles. The van der Waals surface area contributed by atoms with Crippen LogP contribution in [0.2, 0.25) is 0 Å². The number of hydrogen-bond acceptors (Lipinski definition) is 6. The Kier molecular flexibility index (Phi) is 4.78. The Morgan fingerprint density at radius 2 is 1.93 bits per heavy atom. The Morgan fingerprint density at radius 3 is 2.57 bits per heavy atom. The van der Waals surface area contributed by atoms with Crippen LogP contribution in [0.1, 0.15) is 17.2 Å². The first-order valence-electron chi connectivity index (χ1n) is 8.06. The van der Waals surface area contributed by atoms with Gasteiger partial charge in [0, 0.05) is 10.0 Å². The first-order chi connectivity index (χ1) is 13.5. The molecular formula is C19H11BrFN3O3S. The molecule has 3 aromatic rings. The molecular weight excluding hydrogens is 449 g/mol. The molecule has 0 bridgehead atoms. The van der Waals surface area contributed by atoms with Crippen molar-refractivity contribution in [2.24, 2.45) is 0 Å². The quantitative estimate of drug-likeness (QED) is 0.362. The van der Waals surface area contributed by atoms with E-state index in [-0.39, 0.29) is 22.0 Å². The van der Waals surface area contributed by atoms with E-state index in [4.69, 9.17) is 0 Å². The van der Waals surface area contributed by atoms with E-state index < -0.39 is 23.5 Å². The fourth-order valence-corrected chi connectivity index (χ4v) is 4.06. The summed E-state index contributed by atoms with van der Waals surface area (Å²) in [4.78, 5) is 26.8. The highest BCUT2D eigenvalue weighted by Crippen LogP contribution is 2.42. The van der Waals surface area contributed by atoms with Gasteiger partial charge in [0.15, 0.2) is 0 Å². The zero-order valence-electron chi connectivity index (χ0n) is 14.0. The number of benzene rings is 2. The molecule has 1 saturated heterocycles. The highest BCUT2D eigenvalue weighted by Gasteiger charge is 2.48. The molecule has 9 heteroatoms. The minimum Gasteiger partial charge on any atom is -0.507 e. The summed E-state index contributed by atoms with van der Waals surface area (Å²) in [5.74, 6) is -2.52. The summed E-state index contributed by atoms with van der Waals surface area (Å²) in [6.45, 7) is 0. The molecule has 0 aliphatic carbocycles. The van der Waals surface area contributed by atoms with E-state index in [9.17, 15) is 19.1 Å². The van der Waals surface area contributed by atoms with E-state index in [0.29, 0.717) is 5.56 Å². The van der Waals surface area contributed by atoms with Crippen LogP contribution < -0.4 is 4.90 Å². The van der Waals surface area contributed by atoms with E-state index in [1.165, 1.54) is 34.7 Å². The van der Waals surface area contributed by atoms with Gasteiger partial charge < -0.3 is 5.11 Å². The van der Waals surface area contributed by atoms with Gasteiger partial charge in [0.2, 0.25) is 5.13 Å². The predicted octanol–water partition coefficient (Wildman–Crippen LogP) is 4.07. The number of aromatic nitrogens is 2. The van der Waals surface area contributed by atoms with Crippen molar-refractivity contribution in [3.8, 4) is 0 Å². The number of nitrogens with zero attached hydrogens (tertiary/aromatic N) is 3. The molecule has 1 atom stereocenters. The summed E-state index contributed by atoms with van der Waals surface area (Å²) >= 11 is 4.49. The normalized spacial score (nSPS) is 18.6. The summed E-state index contributed by atoms with van der Waals surface area (Å²) in [7, 11) is 0. The fourth-order valence-electron chi connectivity index (χ4n) is 3.06. The maximum atomic E-state index is 13.3. The molecule has 2 aromatic carbocycles. The van der Waals surface area contributed by atoms with Crippen LogP contribution in [0, 0.1) is 5.82 Å². The summed E-state index contributed by atoms with van der Waals surface area (Å²) in [6.07, 6.45) is 0. The van der Waals surface area contributed by atoms with Crippen molar-refractivity contribution < 1.29 is 19.1 Å². The Balaban J connectivity index is 1.95. The number of Topliss-reactive ketones (excluding diaryl/α,β-unsaturated/α-hetero) is 1. The van der Waals surface area contributed by atoms with Gasteiger partial charge in [-0.2, -0.15) is 0 Å². The zero-order valence-corrected chi connectivity index (χ0v) is 16.4. The number of rotatable bonds is 3. The highest BCUT2D eigenvalue weighted by atomic mass is 79.9. The molecule has 1 fully saturated rings. The Bertz CT molecular complexity index is 1100. The van der Waals surface area contributed by atoms with Gasteiger partial charge in [0.05, 0.1) is 11.6 Å². The number of amides is 1. The largest absolute Gasteiger partial charge is 0.507 e. The smallest absolute Gasteiger partial charge is 0.301 e. The van der Waals surface area contributed by atoms with Crippen LogP contribution in [0.3, 0.4) is 0 Å². The number of carbonyl (C=O) groups excluding carboxylic acids is 2. The lowest BCUT2D eigenvalue weighted by molar-refractivity contribution is -0.132. The minimum atomic E-state index is -0.893. The van der Waals surface area contributed by atoms with Crippen molar-refractivity contribution in [2.45, 2.75) is 6.04 Å². The monoisotopic (exact) mass is 459 g/mol. The molecule has 1 N–H and O–H groups in total. The Labute approximate surface area is 171 Å². The van der Waals surface area contributed by atoms with Gasteiger partial charge in [0.25, 0.3) is 5.78 Å². The second-order valence-electron chi connectivity index (χ2n) is 5.95.